The lowest BCUT2D eigenvalue weighted by Gasteiger charge is -2.28. The standard InChI is InChI=1S/C22H18ClNO3S/c23-17-8-4-5-15(11-17)13-22(9-10-22)24(14-25)18-12-19(28-20(18)21(26)27)16-6-2-1-3-7-16/h1-8,11-12,14H,9-10,13H2,(H,26,27). The molecule has 1 fully saturated rings. The maximum atomic E-state index is 12.1. The lowest BCUT2D eigenvalue weighted by molar-refractivity contribution is -0.108. The van der Waals surface area contributed by atoms with E-state index in [4.69, 9.17) is 11.6 Å². The van der Waals surface area contributed by atoms with Crippen LogP contribution in [0, 0.1) is 0 Å². The van der Waals surface area contributed by atoms with Crippen LogP contribution in [-0.4, -0.2) is 23.0 Å². The number of nitrogens with zero attached hydrogens (tertiary/aromatic N) is 1. The van der Waals surface area contributed by atoms with Crippen LogP contribution in [0.25, 0.3) is 10.4 Å². The monoisotopic (exact) mass is 411 g/mol. The van der Waals surface area contributed by atoms with Crippen molar-refractivity contribution >= 4 is 41.0 Å². The molecule has 0 unspecified atom stereocenters. The molecule has 28 heavy (non-hydrogen) atoms. The van der Waals surface area contributed by atoms with Gasteiger partial charge in [-0.05, 0) is 48.6 Å². The van der Waals surface area contributed by atoms with Crippen molar-refractivity contribution in [2.75, 3.05) is 4.90 Å². The van der Waals surface area contributed by atoms with Gasteiger partial charge in [-0.2, -0.15) is 0 Å². The second-order valence-electron chi connectivity index (χ2n) is 7.00. The molecule has 0 atom stereocenters. The molecule has 1 aromatic heterocycles. The highest BCUT2D eigenvalue weighted by molar-refractivity contribution is 7.18. The number of carbonyl (C=O) groups is 2. The largest absolute Gasteiger partial charge is 0.477 e. The highest BCUT2D eigenvalue weighted by Gasteiger charge is 2.49. The highest BCUT2D eigenvalue weighted by Crippen LogP contribution is 2.49. The number of hydrogen-bond acceptors (Lipinski definition) is 3. The van der Waals surface area contributed by atoms with Crippen LogP contribution >= 0.6 is 22.9 Å². The topological polar surface area (TPSA) is 57.6 Å². The Morgan fingerprint density at radius 2 is 1.89 bits per heavy atom. The van der Waals surface area contributed by atoms with Gasteiger partial charge >= 0.3 is 5.97 Å². The van der Waals surface area contributed by atoms with E-state index in [1.54, 1.807) is 4.90 Å². The van der Waals surface area contributed by atoms with Crippen molar-refractivity contribution in [2.45, 2.75) is 24.8 Å². The molecule has 0 spiro atoms. The predicted molar refractivity (Wildman–Crippen MR) is 112 cm³/mol. The van der Waals surface area contributed by atoms with E-state index in [9.17, 15) is 14.7 Å². The predicted octanol–water partition coefficient (Wildman–Crippen LogP) is 5.50. The second kappa shape index (κ2) is 7.41. The summed E-state index contributed by atoms with van der Waals surface area (Å²) in [6.07, 6.45) is 3.06. The number of carboxylic acid groups (broad SMARTS) is 1. The summed E-state index contributed by atoms with van der Waals surface area (Å²) < 4.78 is 0. The van der Waals surface area contributed by atoms with Gasteiger partial charge in [0.05, 0.1) is 11.2 Å². The van der Waals surface area contributed by atoms with Crippen LogP contribution in [0.1, 0.15) is 28.1 Å². The van der Waals surface area contributed by atoms with Crippen molar-refractivity contribution in [2.24, 2.45) is 0 Å². The van der Waals surface area contributed by atoms with Crippen molar-refractivity contribution < 1.29 is 14.7 Å². The van der Waals surface area contributed by atoms with Crippen LogP contribution in [0.15, 0.2) is 60.7 Å². The molecule has 1 aliphatic carbocycles. The van der Waals surface area contributed by atoms with Crippen LogP contribution < -0.4 is 4.90 Å². The number of carbonyl (C=O) groups excluding carboxylic acids is 1. The Morgan fingerprint density at radius 3 is 2.50 bits per heavy atom. The Hall–Kier alpha value is -2.63. The first kappa shape index (κ1) is 18.7. The number of carboxylic acids is 1. The van der Waals surface area contributed by atoms with Crippen LogP contribution in [0.4, 0.5) is 5.69 Å². The Bertz CT molecular complexity index is 1030. The SMILES string of the molecule is O=CN(c1cc(-c2ccccc2)sc1C(=O)O)C1(Cc2cccc(Cl)c2)CC1. The Balaban J connectivity index is 1.72. The van der Waals surface area contributed by atoms with Crippen LogP contribution in [0.5, 0.6) is 0 Å². The molecule has 1 heterocycles. The molecule has 4 rings (SSSR count). The lowest BCUT2D eigenvalue weighted by atomic mass is 10.0. The number of benzene rings is 2. The number of anilines is 1. The molecule has 1 amide bonds. The molecule has 0 radical (unpaired) electrons. The number of amides is 1. The van der Waals surface area contributed by atoms with E-state index in [2.05, 4.69) is 0 Å². The third-order valence-corrected chi connectivity index (χ3v) is 6.49. The molecule has 6 heteroatoms. The summed E-state index contributed by atoms with van der Waals surface area (Å²) in [5, 5.41) is 10.4. The summed E-state index contributed by atoms with van der Waals surface area (Å²) in [6.45, 7) is 0. The third kappa shape index (κ3) is 3.55. The van der Waals surface area contributed by atoms with E-state index in [1.165, 1.54) is 11.3 Å². The molecule has 1 saturated carbocycles. The third-order valence-electron chi connectivity index (χ3n) is 5.09. The number of halogens is 1. The van der Waals surface area contributed by atoms with E-state index in [0.717, 1.165) is 35.3 Å². The molecule has 1 N–H and O–H groups in total. The van der Waals surface area contributed by atoms with Crippen molar-refractivity contribution in [1.29, 1.82) is 0 Å². The molecule has 2 aromatic carbocycles. The van der Waals surface area contributed by atoms with Gasteiger partial charge in [-0.25, -0.2) is 4.79 Å². The van der Waals surface area contributed by atoms with Crippen molar-refractivity contribution in [1.82, 2.24) is 0 Å². The molecule has 0 bridgehead atoms. The Morgan fingerprint density at radius 1 is 1.14 bits per heavy atom. The van der Waals surface area contributed by atoms with E-state index >= 15 is 0 Å². The number of hydrogen-bond donors (Lipinski definition) is 1. The van der Waals surface area contributed by atoms with Gasteiger partial charge in [0.1, 0.15) is 4.88 Å². The van der Waals surface area contributed by atoms with Crippen LogP contribution in [-0.2, 0) is 11.2 Å². The smallest absolute Gasteiger partial charge is 0.348 e. The van der Waals surface area contributed by atoms with E-state index in [0.29, 0.717) is 17.1 Å². The van der Waals surface area contributed by atoms with Gasteiger partial charge in [0.2, 0.25) is 6.41 Å². The molecule has 142 valence electrons. The summed E-state index contributed by atoms with van der Waals surface area (Å²) in [4.78, 5) is 26.6. The first-order chi connectivity index (χ1) is 13.5. The maximum absolute atomic E-state index is 12.1. The minimum absolute atomic E-state index is 0.184. The second-order valence-corrected chi connectivity index (χ2v) is 8.49. The summed E-state index contributed by atoms with van der Waals surface area (Å²) in [7, 11) is 0. The summed E-state index contributed by atoms with van der Waals surface area (Å²) in [5.74, 6) is -1.02. The summed E-state index contributed by atoms with van der Waals surface area (Å²) in [5.41, 5.74) is 2.04. The molecular weight excluding hydrogens is 394 g/mol. The van der Waals surface area contributed by atoms with Crippen molar-refractivity contribution in [3.63, 3.8) is 0 Å². The van der Waals surface area contributed by atoms with E-state index in [1.807, 2.05) is 60.7 Å². The highest BCUT2D eigenvalue weighted by atomic mass is 35.5. The van der Waals surface area contributed by atoms with Crippen LogP contribution in [0.2, 0.25) is 5.02 Å². The van der Waals surface area contributed by atoms with E-state index < -0.39 is 11.5 Å². The van der Waals surface area contributed by atoms with Crippen LogP contribution in [0.3, 0.4) is 0 Å². The minimum atomic E-state index is -1.02. The Labute approximate surface area is 172 Å². The fraction of sp³-hybridized carbons (Fsp3) is 0.182. The first-order valence-electron chi connectivity index (χ1n) is 8.94. The zero-order valence-electron chi connectivity index (χ0n) is 15.0. The molecule has 4 nitrogen and oxygen atoms in total. The van der Waals surface area contributed by atoms with Gasteiger partial charge in [0.15, 0.2) is 0 Å². The molecule has 0 saturated heterocycles. The normalized spacial score (nSPS) is 14.5. The zero-order valence-corrected chi connectivity index (χ0v) is 16.5. The average Bonchev–Trinajstić information content (AvgIpc) is 3.30. The fourth-order valence-electron chi connectivity index (χ4n) is 3.56. The number of rotatable bonds is 7. The van der Waals surface area contributed by atoms with E-state index in [-0.39, 0.29) is 4.88 Å². The fourth-order valence-corrected chi connectivity index (χ4v) is 4.76. The van der Waals surface area contributed by atoms with Gasteiger partial charge in [0.25, 0.3) is 0 Å². The zero-order chi connectivity index (χ0) is 19.7. The Kier molecular flexibility index (Phi) is 4.96. The lowest BCUT2D eigenvalue weighted by Crippen LogP contribution is -2.38. The van der Waals surface area contributed by atoms with Gasteiger partial charge < -0.3 is 10.0 Å². The molecular formula is C22H18ClNO3S. The molecule has 1 aliphatic rings. The van der Waals surface area contributed by atoms with Gasteiger partial charge in [-0.3, -0.25) is 4.79 Å². The molecule has 3 aromatic rings. The minimum Gasteiger partial charge on any atom is -0.477 e. The number of aromatic carboxylic acids is 1. The summed E-state index contributed by atoms with van der Waals surface area (Å²) in [6, 6.07) is 19.0. The summed E-state index contributed by atoms with van der Waals surface area (Å²) >= 11 is 7.30. The molecule has 0 aliphatic heterocycles. The van der Waals surface area contributed by atoms with Gasteiger partial charge in [-0.1, -0.05) is 54.1 Å². The van der Waals surface area contributed by atoms with Gasteiger partial charge in [0, 0.05) is 9.90 Å². The van der Waals surface area contributed by atoms with Gasteiger partial charge in [-0.15, -0.1) is 11.3 Å². The average molecular weight is 412 g/mol. The van der Waals surface area contributed by atoms with Crippen molar-refractivity contribution in [3.8, 4) is 10.4 Å². The maximum Gasteiger partial charge on any atom is 0.348 e. The first-order valence-corrected chi connectivity index (χ1v) is 10.1. The van der Waals surface area contributed by atoms with Crippen molar-refractivity contribution in [3.05, 3.63) is 76.1 Å². The number of thiophene rings is 1. The quantitative estimate of drug-likeness (QED) is 0.522.